The van der Waals surface area contributed by atoms with Crippen molar-refractivity contribution in [2.75, 3.05) is 13.7 Å². The average Bonchev–Trinajstić information content (AvgIpc) is 3.53. The molecule has 9 nitrogen and oxygen atoms in total. The van der Waals surface area contributed by atoms with Crippen LogP contribution in [-0.4, -0.2) is 50.5 Å². The number of H-pyrrole nitrogens is 1. The van der Waals surface area contributed by atoms with E-state index >= 15 is 0 Å². The molecule has 1 fully saturated rings. The maximum Gasteiger partial charge on any atom is 0.337 e. The summed E-state index contributed by atoms with van der Waals surface area (Å²) in [5.41, 5.74) is 1.17. The van der Waals surface area contributed by atoms with E-state index in [2.05, 4.69) is 20.2 Å². The largest absolute Gasteiger partial charge is 0.465 e. The Morgan fingerprint density at radius 1 is 1.26 bits per heavy atom. The fourth-order valence-corrected chi connectivity index (χ4v) is 4.82. The van der Waals surface area contributed by atoms with Gasteiger partial charge >= 0.3 is 5.97 Å². The Bertz CT molecular complexity index is 1430. The number of aromatic amines is 1. The molecule has 2 aromatic carbocycles. The molecule has 0 saturated carbocycles. The van der Waals surface area contributed by atoms with Gasteiger partial charge in [0.25, 0.3) is 5.56 Å². The van der Waals surface area contributed by atoms with E-state index in [0.717, 1.165) is 25.0 Å². The molecule has 0 radical (unpaired) electrons. The van der Waals surface area contributed by atoms with Crippen molar-refractivity contribution in [1.82, 2.24) is 24.7 Å². The Balaban J connectivity index is 1.44. The number of nitrogens with zero attached hydrogens (tertiary/aromatic N) is 4. The summed E-state index contributed by atoms with van der Waals surface area (Å²) in [7, 11) is 1.30. The van der Waals surface area contributed by atoms with Crippen LogP contribution >= 0.6 is 11.8 Å². The summed E-state index contributed by atoms with van der Waals surface area (Å²) in [5.74, 6) is 0.548. The third kappa shape index (κ3) is 4.96. The minimum absolute atomic E-state index is 0.0416. The third-order valence-electron chi connectivity index (χ3n) is 5.74. The summed E-state index contributed by atoms with van der Waals surface area (Å²) in [5, 5.41) is 9.71. The lowest BCUT2D eigenvalue weighted by molar-refractivity contribution is 0.0601. The van der Waals surface area contributed by atoms with Crippen LogP contribution in [0.5, 0.6) is 0 Å². The molecule has 1 saturated heterocycles. The van der Waals surface area contributed by atoms with Crippen molar-refractivity contribution in [3.8, 4) is 11.4 Å². The van der Waals surface area contributed by atoms with E-state index in [4.69, 9.17) is 9.47 Å². The van der Waals surface area contributed by atoms with Crippen LogP contribution in [0.4, 0.5) is 4.39 Å². The Labute approximate surface area is 203 Å². The van der Waals surface area contributed by atoms with E-state index in [9.17, 15) is 14.0 Å². The van der Waals surface area contributed by atoms with Gasteiger partial charge in [0.2, 0.25) is 0 Å². The summed E-state index contributed by atoms with van der Waals surface area (Å²) < 4.78 is 26.0. The number of rotatable bonds is 7. The van der Waals surface area contributed by atoms with Gasteiger partial charge in [-0.1, -0.05) is 11.8 Å². The lowest BCUT2D eigenvalue weighted by atomic mass is 10.1. The van der Waals surface area contributed by atoms with Crippen LogP contribution in [-0.2, 0) is 21.8 Å². The predicted octanol–water partition coefficient (Wildman–Crippen LogP) is 3.58. The number of carbonyl (C=O) groups is 1. The standard InChI is InChI=1S/C24H22FN5O4S/c1-33-23(32)15-6-9-18-19(11-15)26-20(27-22(18)31)13-35-24-29-28-21(14-4-7-16(25)8-5-14)30(24)12-17-3-2-10-34-17/h4-9,11,17H,2-3,10,12-13H2,1H3,(H,26,27,31). The van der Waals surface area contributed by atoms with Crippen LogP contribution in [0.1, 0.15) is 29.0 Å². The van der Waals surface area contributed by atoms with Gasteiger partial charge in [0.1, 0.15) is 11.6 Å². The monoisotopic (exact) mass is 495 g/mol. The molecule has 11 heteroatoms. The first-order valence-corrected chi connectivity index (χ1v) is 12.0. The summed E-state index contributed by atoms with van der Waals surface area (Å²) in [6.07, 6.45) is 1.98. The molecule has 0 spiro atoms. The first-order chi connectivity index (χ1) is 17.0. The number of halogens is 1. The maximum absolute atomic E-state index is 13.4. The lowest BCUT2D eigenvalue weighted by Crippen LogP contribution is -2.17. The number of benzene rings is 2. The van der Waals surface area contributed by atoms with Crippen LogP contribution in [0, 0.1) is 5.82 Å². The Hall–Kier alpha value is -3.57. The molecule has 0 aliphatic carbocycles. The highest BCUT2D eigenvalue weighted by molar-refractivity contribution is 7.98. The number of ether oxygens (including phenoxy) is 2. The molecule has 1 N–H and O–H groups in total. The van der Waals surface area contributed by atoms with Gasteiger partial charge in [-0.05, 0) is 55.3 Å². The second-order valence-electron chi connectivity index (χ2n) is 8.08. The molecular formula is C24H22FN5O4S. The number of hydrogen-bond donors (Lipinski definition) is 1. The Morgan fingerprint density at radius 3 is 2.83 bits per heavy atom. The number of hydrogen-bond acceptors (Lipinski definition) is 8. The van der Waals surface area contributed by atoms with Crippen LogP contribution < -0.4 is 5.56 Å². The number of nitrogens with one attached hydrogen (secondary N) is 1. The zero-order valence-electron chi connectivity index (χ0n) is 18.9. The third-order valence-corrected chi connectivity index (χ3v) is 6.72. The van der Waals surface area contributed by atoms with Crippen LogP contribution in [0.3, 0.4) is 0 Å². The number of fused-ring (bicyclic) bond motifs is 1. The Kier molecular flexibility index (Phi) is 6.60. The molecule has 0 amide bonds. The number of methoxy groups -OCH3 is 1. The molecule has 0 bridgehead atoms. The number of esters is 1. The normalized spacial score (nSPS) is 15.5. The molecule has 1 unspecified atom stereocenters. The zero-order valence-corrected chi connectivity index (χ0v) is 19.7. The van der Waals surface area contributed by atoms with E-state index in [1.165, 1.54) is 43.1 Å². The maximum atomic E-state index is 13.4. The Morgan fingerprint density at radius 2 is 2.09 bits per heavy atom. The molecule has 4 aromatic rings. The number of aromatic nitrogens is 5. The number of carbonyl (C=O) groups excluding carboxylic acids is 1. The molecule has 5 rings (SSSR count). The van der Waals surface area contributed by atoms with Gasteiger partial charge in [-0.2, -0.15) is 0 Å². The van der Waals surface area contributed by atoms with Crippen molar-refractivity contribution in [1.29, 1.82) is 0 Å². The second-order valence-corrected chi connectivity index (χ2v) is 9.03. The number of thioether (sulfide) groups is 1. The molecule has 1 atom stereocenters. The molecule has 35 heavy (non-hydrogen) atoms. The second kappa shape index (κ2) is 9.96. The van der Waals surface area contributed by atoms with Crippen molar-refractivity contribution in [3.05, 3.63) is 70.0 Å². The highest BCUT2D eigenvalue weighted by atomic mass is 32.2. The fraction of sp³-hybridized carbons (Fsp3) is 0.292. The van der Waals surface area contributed by atoms with Gasteiger partial charge in [-0.25, -0.2) is 14.2 Å². The van der Waals surface area contributed by atoms with E-state index in [1.54, 1.807) is 18.2 Å². The van der Waals surface area contributed by atoms with Gasteiger partial charge in [0, 0.05) is 12.2 Å². The fourth-order valence-electron chi connectivity index (χ4n) is 4.00. The molecule has 1 aliphatic rings. The summed E-state index contributed by atoms with van der Waals surface area (Å²) in [6.45, 7) is 1.28. The topological polar surface area (TPSA) is 112 Å². The lowest BCUT2D eigenvalue weighted by Gasteiger charge is -2.14. The smallest absolute Gasteiger partial charge is 0.337 e. The average molecular weight is 496 g/mol. The van der Waals surface area contributed by atoms with Crippen molar-refractivity contribution in [2.45, 2.75) is 36.4 Å². The van der Waals surface area contributed by atoms with Crippen LogP contribution in [0.2, 0.25) is 0 Å². The molecule has 180 valence electrons. The summed E-state index contributed by atoms with van der Waals surface area (Å²) in [6, 6.07) is 10.7. The highest BCUT2D eigenvalue weighted by Gasteiger charge is 2.22. The first kappa shape index (κ1) is 23.2. The van der Waals surface area contributed by atoms with Crippen molar-refractivity contribution >= 4 is 28.6 Å². The van der Waals surface area contributed by atoms with E-state index in [0.29, 0.717) is 45.6 Å². The van der Waals surface area contributed by atoms with Gasteiger partial charge in [0.05, 0.1) is 42.0 Å². The predicted molar refractivity (Wildman–Crippen MR) is 128 cm³/mol. The summed E-state index contributed by atoms with van der Waals surface area (Å²) in [4.78, 5) is 31.8. The quantitative estimate of drug-likeness (QED) is 0.306. The highest BCUT2D eigenvalue weighted by Crippen LogP contribution is 2.28. The van der Waals surface area contributed by atoms with Gasteiger partial charge in [0.15, 0.2) is 11.0 Å². The van der Waals surface area contributed by atoms with Gasteiger partial charge in [-0.3, -0.25) is 9.36 Å². The zero-order chi connectivity index (χ0) is 24.4. The van der Waals surface area contributed by atoms with Crippen molar-refractivity contribution < 1.29 is 18.7 Å². The van der Waals surface area contributed by atoms with E-state index < -0.39 is 5.97 Å². The molecular weight excluding hydrogens is 473 g/mol. The minimum atomic E-state index is -0.500. The molecule has 1 aliphatic heterocycles. The summed E-state index contributed by atoms with van der Waals surface area (Å²) >= 11 is 1.37. The molecule has 3 heterocycles. The van der Waals surface area contributed by atoms with Crippen molar-refractivity contribution in [3.63, 3.8) is 0 Å². The first-order valence-electron chi connectivity index (χ1n) is 11.1. The van der Waals surface area contributed by atoms with Crippen molar-refractivity contribution in [2.24, 2.45) is 0 Å². The van der Waals surface area contributed by atoms with Crippen LogP contribution in [0.25, 0.3) is 22.3 Å². The minimum Gasteiger partial charge on any atom is -0.465 e. The van der Waals surface area contributed by atoms with Gasteiger partial charge < -0.3 is 14.5 Å². The molecule has 2 aromatic heterocycles. The van der Waals surface area contributed by atoms with E-state index in [1.807, 2.05) is 4.57 Å². The van der Waals surface area contributed by atoms with Gasteiger partial charge in [-0.15, -0.1) is 10.2 Å². The SMILES string of the molecule is COC(=O)c1ccc2c(=O)[nH]c(CSc3nnc(-c4ccc(F)cc4)n3CC3CCCO3)nc2c1. The van der Waals surface area contributed by atoms with Crippen LogP contribution in [0.15, 0.2) is 52.4 Å². The van der Waals surface area contributed by atoms with E-state index in [-0.39, 0.29) is 17.5 Å².